The third-order valence-electron chi connectivity index (χ3n) is 5.32. The molecule has 6 nitrogen and oxygen atoms in total. The quantitative estimate of drug-likeness (QED) is 0.891. The van der Waals surface area contributed by atoms with Gasteiger partial charge in [0.2, 0.25) is 0 Å². The van der Waals surface area contributed by atoms with Crippen molar-refractivity contribution < 1.29 is 9.47 Å². The topological polar surface area (TPSA) is 51.5 Å². The molecule has 0 radical (unpaired) electrons. The molecule has 0 spiro atoms. The number of aromatic nitrogens is 2. The van der Waals surface area contributed by atoms with Gasteiger partial charge >= 0.3 is 0 Å². The van der Waals surface area contributed by atoms with Crippen LogP contribution in [0.25, 0.3) is 0 Å². The van der Waals surface area contributed by atoms with Gasteiger partial charge in [0, 0.05) is 57.4 Å². The molecule has 0 aliphatic carbocycles. The molecule has 2 atom stereocenters. The molecule has 6 heteroatoms. The Bertz CT molecular complexity index is 694. The molecule has 0 bridgehead atoms. The van der Waals surface area contributed by atoms with Crippen LogP contribution in [0.4, 0.5) is 5.69 Å². The summed E-state index contributed by atoms with van der Waals surface area (Å²) in [7, 11) is 2.03. The normalized spacial score (nSPS) is 24.0. The second-order valence-corrected chi connectivity index (χ2v) is 7.08. The van der Waals surface area contributed by atoms with Crippen LogP contribution < -0.4 is 10.2 Å². The van der Waals surface area contributed by atoms with Gasteiger partial charge in [0.25, 0.3) is 0 Å². The Morgan fingerprint density at radius 2 is 1.96 bits per heavy atom. The maximum atomic E-state index is 6.04. The maximum absolute atomic E-state index is 6.04. The summed E-state index contributed by atoms with van der Waals surface area (Å²) >= 11 is 0. The van der Waals surface area contributed by atoms with Gasteiger partial charge < -0.3 is 24.3 Å². The number of hydrogen-bond donors (Lipinski definition) is 1. The zero-order valence-corrected chi connectivity index (χ0v) is 15.4. The van der Waals surface area contributed by atoms with Crippen LogP contribution in [-0.2, 0) is 23.1 Å². The second-order valence-electron chi connectivity index (χ2n) is 7.08. The first-order valence-corrected chi connectivity index (χ1v) is 9.55. The zero-order valence-electron chi connectivity index (χ0n) is 15.4. The van der Waals surface area contributed by atoms with Crippen molar-refractivity contribution in [3.05, 3.63) is 48.0 Å². The first-order valence-electron chi connectivity index (χ1n) is 9.55. The Labute approximate surface area is 155 Å². The molecule has 2 aliphatic rings. The van der Waals surface area contributed by atoms with Crippen LogP contribution in [0.2, 0.25) is 0 Å². The molecule has 2 fully saturated rings. The molecule has 2 aliphatic heterocycles. The van der Waals surface area contributed by atoms with Crippen molar-refractivity contribution in [2.75, 3.05) is 37.8 Å². The van der Waals surface area contributed by atoms with Gasteiger partial charge in [-0.15, -0.1) is 0 Å². The molecule has 1 aromatic heterocycles. The molecular formula is C20H28N4O2. The van der Waals surface area contributed by atoms with Crippen molar-refractivity contribution in [3.8, 4) is 0 Å². The van der Waals surface area contributed by atoms with Crippen molar-refractivity contribution in [2.24, 2.45) is 7.05 Å². The predicted octanol–water partition coefficient (Wildman–Crippen LogP) is 2.27. The summed E-state index contributed by atoms with van der Waals surface area (Å²) in [6.07, 6.45) is 6.05. The first kappa shape index (κ1) is 17.5. The standard InChI is InChI=1S/C20H28N4O2/c1-23-9-8-21-20(23)19-18(3-2-12-26-19)22-15-16-4-6-17(7-5-16)24-10-13-25-14-11-24/h4-9,18-19,22H,2-3,10-15H2,1H3/t18-,19-/m0/s1. The number of imidazole rings is 1. The van der Waals surface area contributed by atoms with E-state index in [-0.39, 0.29) is 6.10 Å². The minimum atomic E-state index is 0.0244. The number of hydrogen-bond acceptors (Lipinski definition) is 5. The summed E-state index contributed by atoms with van der Waals surface area (Å²) in [5.74, 6) is 1.00. The van der Waals surface area contributed by atoms with E-state index < -0.39 is 0 Å². The second kappa shape index (κ2) is 8.20. The highest BCUT2D eigenvalue weighted by Gasteiger charge is 2.29. The third kappa shape index (κ3) is 3.92. The van der Waals surface area contributed by atoms with Gasteiger partial charge in [0.1, 0.15) is 11.9 Å². The summed E-state index contributed by atoms with van der Waals surface area (Å²) in [5, 5.41) is 3.69. The Morgan fingerprint density at radius 1 is 1.15 bits per heavy atom. The number of nitrogens with zero attached hydrogens (tertiary/aromatic N) is 3. The highest BCUT2D eigenvalue weighted by molar-refractivity contribution is 5.47. The monoisotopic (exact) mass is 356 g/mol. The van der Waals surface area contributed by atoms with E-state index >= 15 is 0 Å². The zero-order chi connectivity index (χ0) is 17.8. The number of ether oxygens (including phenoxy) is 2. The average Bonchev–Trinajstić information content (AvgIpc) is 3.13. The molecular weight excluding hydrogens is 328 g/mol. The number of morpholine rings is 1. The fraction of sp³-hybridized carbons (Fsp3) is 0.550. The summed E-state index contributed by atoms with van der Waals surface area (Å²) in [5.41, 5.74) is 2.58. The highest BCUT2D eigenvalue weighted by Crippen LogP contribution is 2.27. The molecule has 1 aromatic carbocycles. The first-order chi connectivity index (χ1) is 12.8. The Kier molecular flexibility index (Phi) is 5.53. The Morgan fingerprint density at radius 3 is 2.69 bits per heavy atom. The van der Waals surface area contributed by atoms with Gasteiger partial charge in [-0.2, -0.15) is 0 Å². The fourth-order valence-corrected chi connectivity index (χ4v) is 3.79. The van der Waals surface area contributed by atoms with Gasteiger partial charge in [-0.25, -0.2) is 4.98 Å². The SMILES string of the molecule is Cn1ccnc1[C@H]1OCCC[C@@H]1NCc1ccc(N2CCOCC2)cc1. The van der Waals surface area contributed by atoms with Gasteiger partial charge in [-0.05, 0) is 30.5 Å². The van der Waals surface area contributed by atoms with E-state index in [1.54, 1.807) is 0 Å². The molecule has 26 heavy (non-hydrogen) atoms. The molecule has 0 amide bonds. The lowest BCUT2D eigenvalue weighted by Gasteiger charge is -2.32. The highest BCUT2D eigenvalue weighted by atomic mass is 16.5. The van der Waals surface area contributed by atoms with Gasteiger partial charge in [-0.3, -0.25) is 0 Å². The van der Waals surface area contributed by atoms with Crippen molar-refractivity contribution >= 4 is 5.69 Å². The van der Waals surface area contributed by atoms with Crippen LogP contribution in [0, 0.1) is 0 Å². The van der Waals surface area contributed by atoms with Gasteiger partial charge in [-0.1, -0.05) is 12.1 Å². The number of rotatable bonds is 5. The van der Waals surface area contributed by atoms with Crippen LogP contribution in [0.1, 0.15) is 30.3 Å². The number of aryl methyl sites for hydroxylation is 1. The van der Waals surface area contributed by atoms with Crippen LogP contribution in [0.3, 0.4) is 0 Å². The number of anilines is 1. The van der Waals surface area contributed by atoms with E-state index in [9.17, 15) is 0 Å². The van der Waals surface area contributed by atoms with Crippen LogP contribution in [-0.4, -0.2) is 48.5 Å². The average molecular weight is 356 g/mol. The van der Waals surface area contributed by atoms with E-state index in [0.717, 1.165) is 58.1 Å². The third-order valence-corrected chi connectivity index (χ3v) is 5.32. The predicted molar refractivity (Wildman–Crippen MR) is 101 cm³/mol. The molecule has 140 valence electrons. The van der Waals surface area contributed by atoms with Crippen molar-refractivity contribution in [1.29, 1.82) is 0 Å². The summed E-state index contributed by atoms with van der Waals surface area (Å²) in [4.78, 5) is 6.87. The van der Waals surface area contributed by atoms with E-state index in [1.165, 1.54) is 11.3 Å². The molecule has 2 saturated heterocycles. The number of nitrogens with one attached hydrogen (secondary N) is 1. The van der Waals surface area contributed by atoms with Crippen molar-refractivity contribution in [3.63, 3.8) is 0 Å². The minimum absolute atomic E-state index is 0.0244. The van der Waals surface area contributed by atoms with Crippen molar-refractivity contribution in [1.82, 2.24) is 14.9 Å². The molecule has 2 aromatic rings. The summed E-state index contributed by atoms with van der Waals surface area (Å²) in [6.45, 7) is 5.24. The van der Waals surface area contributed by atoms with E-state index in [2.05, 4.69) is 44.0 Å². The van der Waals surface area contributed by atoms with Crippen molar-refractivity contribution in [2.45, 2.75) is 31.5 Å². The van der Waals surface area contributed by atoms with Gasteiger partial charge in [0.05, 0.1) is 13.2 Å². The molecule has 0 saturated carbocycles. The summed E-state index contributed by atoms with van der Waals surface area (Å²) in [6, 6.07) is 9.17. The Hall–Kier alpha value is -1.89. The van der Waals surface area contributed by atoms with E-state index in [1.807, 2.05) is 19.4 Å². The van der Waals surface area contributed by atoms with E-state index in [0.29, 0.717) is 6.04 Å². The maximum Gasteiger partial charge on any atom is 0.139 e. The largest absolute Gasteiger partial charge is 0.378 e. The summed E-state index contributed by atoms with van der Waals surface area (Å²) < 4.78 is 13.5. The van der Waals surface area contributed by atoms with Gasteiger partial charge in [0.15, 0.2) is 0 Å². The smallest absolute Gasteiger partial charge is 0.139 e. The minimum Gasteiger partial charge on any atom is -0.378 e. The van der Waals surface area contributed by atoms with E-state index in [4.69, 9.17) is 9.47 Å². The Balaban J connectivity index is 1.37. The van der Waals surface area contributed by atoms with Crippen LogP contribution in [0.15, 0.2) is 36.7 Å². The van der Waals surface area contributed by atoms with Crippen LogP contribution in [0.5, 0.6) is 0 Å². The molecule has 1 N–H and O–H groups in total. The molecule has 0 unspecified atom stereocenters. The number of benzene rings is 1. The van der Waals surface area contributed by atoms with Crippen LogP contribution >= 0.6 is 0 Å². The fourth-order valence-electron chi connectivity index (χ4n) is 3.79. The lowest BCUT2D eigenvalue weighted by atomic mass is 10.0. The molecule has 3 heterocycles. The lowest BCUT2D eigenvalue weighted by Crippen LogP contribution is -2.40. The molecule has 4 rings (SSSR count). The lowest BCUT2D eigenvalue weighted by molar-refractivity contribution is -0.0178.